The van der Waals surface area contributed by atoms with E-state index in [0.29, 0.717) is 33.9 Å². The maximum atomic E-state index is 13.0. The Morgan fingerprint density at radius 3 is 2.55 bits per heavy atom. The van der Waals surface area contributed by atoms with Gasteiger partial charge in [0.1, 0.15) is 11.6 Å². The summed E-state index contributed by atoms with van der Waals surface area (Å²) in [6.45, 7) is 4.29. The van der Waals surface area contributed by atoms with Gasteiger partial charge >= 0.3 is 0 Å². The van der Waals surface area contributed by atoms with E-state index in [4.69, 9.17) is 11.6 Å². The normalized spacial score (nSPS) is 10.7. The van der Waals surface area contributed by atoms with Crippen LogP contribution in [-0.4, -0.2) is 32.3 Å². The van der Waals surface area contributed by atoms with Crippen molar-refractivity contribution in [1.82, 2.24) is 14.8 Å². The van der Waals surface area contributed by atoms with Gasteiger partial charge in [-0.2, -0.15) is 0 Å². The van der Waals surface area contributed by atoms with Gasteiger partial charge in [0.25, 0.3) is 0 Å². The summed E-state index contributed by atoms with van der Waals surface area (Å²) in [5.74, 6) is -0.252. The first-order chi connectivity index (χ1) is 14.9. The predicted octanol–water partition coefficient (Wildman–Crippen LogP) is 4.31. The molecule has 0 radical (unpaired) electrons. The van der Waals surface area contributed by atoms with E-state index in [1.165, 1.54) is 36.0 Å². The number of carbonyl (C=O) groups excluding carboxylic acids is 2. The number of anilines is 2. The zero-order valence-corrected chi connectivity index (χ0v) is 18.6. The highest BCUT2D eigenvalue weighted by Crippen LogP contribution is 2.24. The summed E-state index contributed by atoms with van der Waals surface area (Å²) in [5.41, 5.74) is 1.96. The number of aromatic nitrogens is 3. The Labute approximate surface area is 188 Å². The largest absolute Gasteiger partial charge is 0.326 e. The van der Waals surface area contributed by atoms with Crippen molar-refractivity contribution in [3.05, 3.63) is 64.7 Å². The number of amides is 2. The summed E-state index contributed by atoms with van der Waals surface area (Å²) in [6, 6.07) is 10.8. The number of benzene rings is 2. The van der Waals surface area contributed by atoms with Gasteiger partial charge in [-0.05, 0) is 55.8 Å². The summed E-state index contributed by atoms with van der Waals surface area (Å²) in [6.07, 6.45) is 0.00663. The Kier molecular flexibility index (Phi) is 7.64. The molecular formula is C21H21ClFN5O2S. The second-order valence-electron chi connectivity index (χ2n) is 6.62. The molecule has 31 heavy (non-hydrogen) atoms. The summed E-state index contributed by atoms with van der Waals surface area (Å²) in [4.78, 5) is 24.6. The summed E-state index contributed by atoms with van der Waals surface area (Å²) < 4.78 is 14.8. The minimum absolute atomic E-state index is 0.00663. The van der Waals surface area contributed by atoms with Gasteiger partial charge in [0.05, 0.1) is 12.2 Å². The van der Waals surface area contributed by atoms with Crippen molar-refractivity contribution < 1.29 is 14.0 Å². The first-order valence-electron chi connectivity index (χ1n) is 9.52. The van der Waals surface area contributed by atoms with Gasteiger partial charge in [-0.25, -0.2) is 4.39 Å². The van der Waals surface area contributed by atoms with Crippen LogP contribution in [0.1, 0.15) is 18.3 Å². The quantitative estimate of drug-likeness (QED) is 0.488. The number of hydrogen-bond donors (Lipinski definition) is 2. The van der Waals surface area contributed by atoms with Crippen LogP contribution in [0.25, 0.3) is 0 Å². The fourth-order valence-electron chi connectivity index (χ4n) is 2.82. The third kappa shape index (κ3) is 6.05. The molecule has 7 nitrogen and oxygen atoms in total. The van der Waals surface area contributed by atoms with Gasteiger partial charge in [0.2, 0.25) is 11.8 Å². The Balaban J connectivity index is 1.59. The standard InChI is InChI=1S/C21H21ClFN5O2S/c1-3-28-18(11-19(29)24-15-9-7-14(23)8-10-15)26-27-21(28)31-12-20(30)25-17-6-4-5-16(22)13(17)2/h4-10H,3,11-12H2,1-2H3,(H,24,29)(H,25,30). The zero-order chi connectivity index (χ0) is 22.4. The van der Waals surface area contributed by atoms with Crippen molar-refractivity contribution in [2.75, 3.05) is 16.4 Å². The Morgan fingerprint density at radius 2 is 1.84 bits per heavy atom. The number of halogens is 2. The molecule has 0 bridgehead atoms. The molecule has 0 fully saturated rings. The number of rotatable bonds is 8. The Bertz CT molecular complexity index is 1090. The van der Waals surface area contributed by atoms with Gasteiger partial charge in [-0.3, -0.25) is 9.59 Å². The van der Waals surface area contributed by atoms with Crippen LogP contribution in [0, 0.1) is 12.7 Å². The minimum atomic E-state index is -0.375. The second-order valence-corrected chi connectivity index (χ2v) is 7.97. The summed E-state index contributed by atoms with van der Waals surface area (Å²) >= 11 is 7.32. The van der Waals surface area contributed by atoms with Gasteiger partial charge in [0, 0.05) is 22.9 Å². The highest BCUT2D eigenvalue weighted by Gasteiger charge is 2.16. The van der Waals surface area contributed by atoms with Crippen molar-refractivity contribution in [3.63, 3.8) is 0 Å². The lowest BCUT2D eigenvalue weighted by atomic mass is 10.2. The van der Waals surface area contributed by atoms with Crippen LogP contribution in [0.4, 0.5) is 15.8 Å². The first kappa shape index (κ1) is 22.8. The molecule has 3 rings (SSSR count). The van der Waals surface area contributed by atoms with Crippen LogP contribution >= 0.6 is 23.4 Å². The zero-order valence-electron chi connectivity index (χ0n) is 17.0. The maximum absolute atomic E-state index is 13.0. The predicted molar refractivity (Wildman–Crippen MR) is 120 cm³/mol. The van der Waals surface area contributed by atoms with Crippen LogP contribution in [0.2, 0.25) is 5.02 Å². The average molecular weight is 462 g/mol. The van der Waals surface area contributed by atoms with E-state index in [-0.39, 0.29) is 29.8 Å². The van der Waals surface area contributed by atoms with E-state index in [2.05, 4.69) is 20.8 Å². The highest BCUT2D eigenvalue weighted by molar-refractivity contribution is 7.99. The molecule has 0 spiro atoms. The minimum Gasteiger partial charge on any atom is -0.326 e. The molecule has 2 N–H and O–H groups in total. The van der Waals surface area contributed by atoms with Gasteiger partial charge < -0.3 is 15.2 Å². The number of nitrogens with one attached hydrogen (secondary N) is 2. The molecular weight excluding hydrogens is 441 g/mol. The van der Waals surface area contributed by atoms with Crippen molar-refractivity contribution in [2.24, 2.45) is 0 Å². The molecule has 0 aliphatic heterocycles. The molecule has 3 aromatic rings. The number of nitrogens with zero attached hydrogens (tertiary/aromatic N) is 3. The molecule has 0 atom stereocenters. The van der Waals surface area contributed by atoms with Crippen molar-refractivity contribution in [3.8, 4) is 0 Å². The second kappa shape index (κ2) is 10.4. The van der Waals surface area contributed by atoms with Crippen LogP contribution in [0.3, 0.4) is 0 Å². The molecule has 2 amide bonds. The van der Waals surface area contributed by atoms with E-state index < -0.39 is 0 Å². The van der Waals surface area contributed by atoms with Crippen LogP contribution in [0.15, 0.2) is 47.6 Å². The summed E-state index contributed by atoms with van der Waals surface area (Å²) in [7, 11) is 0. The molecule has 0 saturated heterocycles. The van der Waals surface area contributed by atoms with E-state index in [1.54, 1.807) is 22.8 Å². The number of thioether (sulfide) groups is 1. The molecule has 0 aliphatic rings. The molecule has 1 aromatic heterocycles. The molecule has 1 heterocycles. The number of carbonyl (C=O) groups is 2. The van der Waals surface area contributed by atoms with Gasteiger partial charge in [-0.15, -0.1) is 10.2 Å². The number of hydrogen-bond acceptors (Lipinski definition) is 5. The Morgan fingerprint density at radius 1 is 1.10 bits per heavy atom. The Hall–Kier alpha value is -2.91. The topological polar surface area (TPSA) is 88.9 Å². The third-order valence-corrected chi connectivity index (χ3v) is 5.81. The van der Waals surface area contributed by atoms with E-state index in [1.807, 2.05) is 13.8 Å². The fraction of sp³-hybridized carbons (Fsp3) is 0.238. The molecule has 0 saturated carbocycles. The van der Waals surface area contributed by atoms with Crippen molar-refractivity contribution >= 4 is 46.6 Å². The van der Waals surface area contributed by atoms with Crippen LogP contribution < -0.4 is 10.6 Å². The fourth-order valence-corrected chi connectivity index (χ4v) is 3.81. The van der Waals surface area contributed by atoms with Crippen molar-refractivity contribution in [1.29, 1.82) is 0 Å². The molecule has 162 valence electrons. The van der Waals surface area contributed by atoms with E-state index >= 15 is 0 Å². The first-order valence-corrected chi connectivity index (χ1v) is 10.9. The van der Waals surface area contributed by atoms with E-state index in [0.717, 1.165) is 5.56 Å². The SMILES string of the molecule is CCn1c(CC(=O)Nc2ccc(F)cc2)nnc1SCC(=O)Nc1cccc(Cl)c1C. The van der Waals surface area contributed by atoms with Crippen molar-refractivity contribution in [2.45, 2.75) is 32.0 Å². The lowest BCUT2D eigenvalue weighted by molar-refractivity contribution is -0.116. The maximum Gasteiger partial charge on any atom is 0.234 e. The van der Waals surface area contributed by atoms with Gasteiger partial charge in [0.15, 0.2) is 5.16 Å². The molecule has 2 aromatic carbocycles. The lowest BCUT2D eigenvalue weighted by Gasteiger charge is -2.10. The highest BCUT2D eigenvalue weighted by atomic mass is 35.5. The third-order valence-electron chi connectivity index (χ3n) is 4.43. The molecule has 10 heteroatoms. The van der Waals surface area contributed by atoms with E-state index in [9.17, 15) is 14.0 Å². The molecule has 0 aliphatic carbocycles. The lowest BCUT2D eigenvalue weighted by Crippen LogP contribution is -2.18. The van der Waals surface area contributed by atoms with Gasteiger partial charge in [-0.1, -0.05) is 29.4 Å². The smallest absolute Gasteiger partial charge is 0.234 e. The van der Waals surface area contributed by atoms with Crippen LogP contribution in [0.5, 0.6) is 0 Å². The van der Waals surface area contributed by atoms with Crippen LogP contribution in [-0.2, 0) is 22.6 Å². The molecule has 0 unspecified atom stereocenters. The summed E-state index contributed by atoms with van der Waals surface area (Å²) in [5, 5.41) is 14.9. The monoisotopic (exact) mass is 461 g/mol. The average Bonchev–Trinajstić information content (AvgIpc) is 3.13.